The maximum Gasteiger partial charge on any atom is 0.311 e. The predicted octanol–water partition coefficient (Wildman–Crippen LogP) is 2.91. The fourth-order valence-electron chi connectivity index (χ4n) is 2.77. The highest BCUT2D eigenvalue weighted by Gasteiger charge is 2.28. The first kappa shape index (κ1) is 14.5. The number of ether oxygens (including phenoxy) is 1. The molecule has 1 N–H and O–H groups in total. The molecule has 2 unspecified atom stereocenters. The van der Waals surface area contributed by atoms with E-state index in [1.165, 1.54) is 32.1 Å². The van der Waals surface area contributed by atoms with Crippen molar-refractivity contribution in [2.45, 2.75) is 64.9 Å². The molecule has 0 heterocycles. The molecule has 0 amide bonds. The minimum Gasteiger partial charge on any atom is -0.466 e. The zero-order chi connectivity index (χ0) is 12.7. The highest BCUT2D eigenvalue weighted by atomic mass is 16.5. The monoisotopic (exact) mass is 242 g/mol. The third-order valence-corrected chi connectivity index (χ3v) is 3.79. The van der Waals surface area contributed by atoms with E-state index in [-0.39, 0.29) is 11.9 Å². The van der Waals surface area contributed by atoms with Gasteiger partial charge in [0.25, 0.3) is 0 Å². The molecule has 100 valence electrons. The van der Waals surface area contributed by atoms with Gasteiger partial charge in [-0.2, -0.15) is 0 Å². The summed E-state index contributed by atoms with van der Waals surface area (Å²) in [5.41, 5.74) is 0. The van der Waals surface area contributed by atoms with Gasteiger partial charge in [0.2, 0.25) is 0 Å². The van der Waals surface area contributed by atoms with Crippen LogP contribution in [0, 0.1) is 11.8 Å². The predicted molar refractivity (Wildman–Crippen MR) is 67.6 cm³/mol. The molecule has 0 aromatic heterocycles. The summed E-state index contributed by atoms with van der Waals surface area (Å²) in [5.74, 6) is 0.0254. The van der Waals surface area contributed by atoms with Crippen molar-refractivity contribution < 1.29 is 14.6 Å². The number of esters is 1. The minimum atomic E-state index is -0.526. The molecule has 2 atom stereocenters. The van der Waals surface area contributed by atoms with Crippen molar-refractivity contribution in [1.82, 2.24) is 0 Å². The van der Waals surface area contributed by atoms with Crippen molar-refractivity contribution in [3.8, 4) is 0 Å². The third kappa shape index (κ3) is 4.66. The van der Waals surface area contributed by atoms with Crippen LogP contribution in [0.3, 0.4) is 0 Å². The van der Waals surface area contributed by atoms with Gasteiger partial charge in [-0.05, 0) is 25.7 Å². The van der Waals surface area contributed by atoms with Crippen molar-refractivity contribution in [3.05, 3.63) is 0 Å². The van der Waals surface area contributed by atoms with Crippen LogP contribution in [0.1, 0.15) is 58.8 Å². The topological polar surface area (TPSA) is 46.5 Å². The Morgan fingerprint density at radius 3 is 2.47 bits per heavy atom. The summed E-state index contributed by atoms with van der Waals surface area (Å²) in [4.78, 5) is 11.7. The second-order valence-electron chi connectivity index (χ2n) is 5.07. The zero-order valence-electron chi connectivity index (χ0n) is 11.2. The van der Waals surface area contributed by atoms with Gasteiger partial charge in [0.05, 0.1) is 18.6 Å². The summed E-state index contributed by atoms with van der Waals surface area (Å²) in [6.45, 7) is 4.13. The number of aliphatic hydroxyl groups excluding tert-OH is 1. The lowest BCUT2D eigenvalue weighted by molar-refractivity contribution is -0.152. The lowest BCUT2D eigenvalue weighted by atomic mass is 9.82. The molecule has 0 bridgehead atoms. The highest BCUT2D eigenvalue weighted by Crippen LogP contribution is 2.29. The quantitative estimate of drug-likeness (QED) is 0.728. The summed E-state index contributed by atoms with van der Waals surface area (Å²) >= 11 is 0. The van der Waals surface area contributed by atoms with E-state index in [1.807, 2.05) is 6.92 Å². The summed E-state index contributed by atoms with van der Waals surface area (Å²) < 4.78 is 5.01. The van der Waals surface area contributed by atoms with E-state index in [1.54, 1.807) is 6.92 Å². The number of carbonyl (C=O) groups is 1. The fraction of sp³-hybridized carbons (Fsp3) is 0.929. The Morgan fingerprint density at radius 1 is 1.29 bits per heavy atom. The van der Waals surface area contributed by atoms with E-state index >= 15 is 0 Å². The Bertz CT molecular complexity index is 222. The van der Waals surface area contributed by atoms with E-state index in [4.69, 9.17) is 4.74 Å². The molecule has 1 saturated carbocycles. The first-order valence-electron chi connectivity index (χ1n) is 7.03. The van der Waals surface area contributed by atoms with E-state index in [0.29, 0.717) is 18.9 Å². The molecule has 0 spiro atoms. The van der Waals surface area contributed by atoms with Gasteiger partial charge in [-0.15, -0.1) is 0 Å². The molecule has 0 aromatic rings. The molecule has 1 rings (SSSR count). The number of hydrogen-bond acceptors (Lipinski definition) is 3. The van der Waals surface area contributed by atoms with E-state index in [9.17, 15) is 9.90 Å². The van der Waals surface area contributed by atoms with Gasteiger partial charge in [0, 0.05) is 0 Å². The van der Waals surface area contributed by atoms with Crippen molar-refractivity contribution in [2.24, 2.45) is 11.8 Å². The molecule has 17 heavy (non-hydrogen) atoms. The van der Waals surface area contributed by atoms with E-state index < -0.39 is 6.10 Å². The SMILES string of the molecule is CCOC(=O)C(CC)C(O)CC1CCCCC1. The Labute approximate surface area is 105 Å². The Hall–Kier alpha value is -0.570. The largest absolute Gasteiger partial charge is 0.466 e. The van der Waals surface area contributed by atoms with Crippen LogP contribution < -0.4 is 0 Å². The van der Waals surface area contributed by atoms with Crippen molar-refractivity contribution >= 4 is 5.97 Å². The van der Waals surface area contributed by atoms with Crippen molar-refractivity contribution in [3.63, 3.8) is 0 Å². The molecule has 1 aliphatic rings. The highest BCUT2D eigenvalue weighted by molar-refractivity contribution is 5.73. The minimum absolute atomic E-state index is 0.238. The van der Waals surface area contributed by atoms with Crippen LogP contribution in [0.2, 0.25) is 0 Å². The molecule has 1 aliphatic carbocycles. The van der Waals surface area contributed by atoms with Gasteiger partial charge in [-0.1, -0.05) is 39.0 Å². The lowest BCUT2D eigenvalue weighted by Crippen LogP contribution is -2.31. The molecule has 0 aromatic carbocycles. The number of rotatable bonds is 6. The number of carbonyl (C=O) groups excluding carboxylic acids is 1. The smallest absolute Gasteiger partial charge is 0.311 e. The molecule has 1 fully saturated rings. The molecular weight excluding hydrogens is 216 g/mol. The first-order chi connectivity index (χ1) is 8.19. The summed E-state index contributed by atoms with van der Waals surface area (Å²) in [7, 11) is 0. The van der Waals surface area contributed by atoms with E-state index in [2.05, 4.69) is 0 Å². The first-order valence-corrected chi connectivity index (χ1v) is 7.03. The van der Waals surface area contributed by atoms with Crippen LogP contribution in [0.4, 0.5) is 0 Å². The zero-order valence-corrected chi connectivity index (χ0v) is 11.2. The van der Waals surface area contributed by atoms with Crippen LogP contribution in [0.25, 0.3) is 0 Å². The lowest BCUT2D eigenvalue weighted by Gasteiger charge is -2.27. The van der Waals surface area contributed by atoms with E-state index in [0.717, 1.165) is 6.42 Å². The Kier molecular flexibility index (Phi) is 6.56. The summed E-state index contributed by atoms with van der Waals surface area (Å²) in [5, 5.41) is 10.2. The molecule has 0 radical (unpaired) electrons. The van der Waals surface area contributed by atoms with Crippen LogP contribution in [0.15, 0.2) is 0 Å². The van der Waals surface area contributed by atoms with Gasteiger partial charge in [-0.25, -0.2) is 0 Å². The van der Waals surface area contributed by atoms with Gasteiger partial charge >= 0.3 is 5.97 Å². The normalized spacial score (nSPS) is 20.9. The van der Waals surface area contributed by atoms with Gasteiger partial charge in [-0.3, -0.25) is 4.79 Å². The average molecular weight is 242 g/mol. The second-order valence-corrected chi connectivity index (χ2v) is 5.07. The average Bonchev–Trinajstić information content (AvgIpc) is 2.31. The van der Waals surface area contributed by atoms with Crippen LogP contribution >= 0.6 is 0 Å². The van der Waals surface area contributed by atoms with Crippen LogP contribution in [0.5, 0.6) is 0 Å². The Balaban J connectivity index is 2.41. The second kappa shape index (κ2) is 7.70. The molecular formula is C14H26O3. The maximum absolute atomic E-state index is 11.7. The third-order valence-electron chi connectivity index (χ3n) is 3.79. The number of hydrogen-bond donors (Lipinski definition) is 1. The molecule has 0 aliphatic heterocycles. The van der Waals surface area contributed by atoms with Crippen LogP contribution in [-0.4, -0.2) is 23.8 Å². The fourth-order valence-corrected chi connectivity index (χ4v) is 2.77. The number of aliphatic hydroxyl groups is 1. The van der Waals surface area contributed by atoms with Crippen LogP contribution in [-0.2, 0) is 9.53 Å². The molecule has 3 heteroatoms. The summed E-state index contributed by atoms with van der Waals surface area (Å²) in [6.07, 6.45) is 7.17. The van der Waals surface area contributed by atoms with Crippen molar-refractivity contribution in [1.29, 1.82) is 0 Å². The molecule has 0 saturated heterocycles. The molecule has 3 nitrogen and oxygen atoms in total. The maximum atomic E-state index is 11.7. The standard InChI is InChI=1S/C14H26O3/c1-3-12(14(16)17-4-2)13(15)10-11-8-6-5-7-9-11/h11-13,15H,3-10H2,1-2H3. The van der Waals surface area contributed by atoms with Gasteiger partial charge in [0.15, 0.2) is 0 Å². The van der Waals surface area contributed by atoms with Gasteiger partial charge < -0.3 is 9.84 Å². The van der Waals surface area contributed by atoms with Gasteiger partial charge in [0.1, 0.15) is 0 Å². The summed E-state index contributed by atoms with van der Waals surface area (Å²) in [6, 6.07) is 0. The Morgan fingerprint density at radius 2 is 1.94 bits per heavy atom. The van der Waals surface area contributed by atoms with Crippen molar-refractivity contribution in [2.75, 3.05) is 6.61 Å².